The molecule has 2 saturated heterocycles. The summed E-state index contributed by atoms with van der Waals surface area (Å²) in [5.41, 5.74) is 1.39. The molecule has 4 rings (SSSR count). The SMILES string of the molecule is COc1ccc(N2C(=S)N(c3ccc([N+](=O)[O-])cc3)[C@H]3CS(=O)(=O)C[C@H]32)cc1. The maximum Gasteiger partial charge on any atom is 0.269 e. The molecule has 0 N–H and O–H groups in total. The number of hydrogen-bond acceptors (Lipinski definition) is 6. The van der Waals surface area contributed by atoms with Crippen molar-refractivity contribution >= 4 is 44.2 Å². The zero-order valence-corrected chi connectivity index (χ0v) is 16.5. The number of nitrogens with zero attached hydrogens (tertiary/aromatic N) is 3. The molecule has 8 nitrogen and oxygen atoms in total. The van der Waals surface area contributed by atoms with E-state index in [0.29, 0.717) is 16.5 Å². The van der Waals surface area contributed by atoms with Crippen molar-refractivity contribution in [3.63, 3.8) is 0 Å². The van der Waals surface area contributed by atoms with E-state index >= 15 is 0 Å². The first-order valence-corrected chi connectivity index (χ1v) is 10.7. The number of nitro groups is 1. The van der Waals surface area contributed by atoms with Crippen LogP contribution in [0.2, 0.25) is 0 Å². The van der Waals surface area contributed by atoms with Crippen LogP contribution in [0.1, 0.15) is 0 Å². The van der Waals surface area contributed by atoms with Crippen molar-refractivity contribution in [2.75, 3.05) is 28.4 Å². The Morgan fingerprint density at radius 3 is 1.89 bits per heavy atom. The van der Waals surface area contributed by atoms with Crippen LogP contribution in [-0.2, 0) is 9.84 Å². The highest BCUT2D eigenvalue weighted by molar-refractivity contribution is 7.91. The van der Waals surface area contributed by atoms with Crippen molar-refractivity contribution in [3.8, 4) is 5.75 Å². The van der Waals surface area contributed by atoms with E-state index in [1.165, 1.54) is 12.1 Å². The first kappa shape index (κ1) is 18.6. The molecule has 0 radical (unpaired) electrons. The summed E-state index contributed by atoms with van der Waals surface area (Å²) >= 11 is 5.69. The molecule has 0 saturated carbocycles. The number of ether oxygens (including phenoxy) is 1. The molecule has 2 aromatic carbocycles. The third kappa shape index (κ3) is 3.08. The highest BCUT2D eigenvalue weighted by Crippen LogP contribution is 2.38. The molecule has 0 amide bonds. The predicted octanol–water partition coefficient (Wildman–Crippen LogP) is 2.38. The lowest BCUT2D eigenvalue weighted by Crippen LogP contribution is -2.37. The minimum atomic E-state index is -3.22. The molecule has 10 heteroatoms. The van der Waals surface area contributed by atoms with Gasteiger partial charge in [-0.1, -0.05) is 0 Å². The van der Waals surface area contributed by atoms with Gasteiger partial charge in [0.15, 0.2) is 14.9 Å². The third-order valence-corrected chi connectivity index (χ3v) is 7.15. The lowest BCUT2D eigenvalue weighted by atomic mass is 10.1. The molecule has 0 spiro atoms. The highest BCUT2D eigenvalue weighted by atomic mass is 32.2. The number of methoxy groups -OCH3 is 1. The molecule has 2 aliphatic rings. The number of non-ortho nitro benzene ring substituents is 1. The number of nitro benzene ring substituents is 1. The van der Waals surface area contributed by atoms with Crippen LogP contribution in [0.5, 0.6) is 5.75 Å². The summed E-state index contributed by atoms with van der Waals surface area (Å²) in [7, 11) is -1.65. The van der Waals surface area contributed by atoms with Gasteiger partial charge in [0.1, 0.15) is 5.75 Å². The fraction of sp³-hybridized carbons (Fsp3) is 0.278. The average molecular weight is 419 g/mol. The van der Waals surface area contributed by atoms with Crippen LogP contribution >= 0.6 is 12.2 Å². The fourth-order valence-electron chi connectivity index (χ4n) is 3.79. The third-order valence-electron chi connectivity index (χ3n) is 5.06. The van der Waals surface area contributed by atoms with Gasteiger partial charge in [0.2, 0.25) is 0 Å². The van der Waals surface area contributed by atoms with Gasteiger partial charge in [0.25, 0.3) is 5.69 Å². The molecule has 0 aliphatic carbocycles. The smallest absolute Gasteiger partial charge is 0.269 e. The molecule has 2 fully saturated rings. The topological polar surface area (TPSA) is 93.0 Å². The van der Waals surface area contributed by atoms with Gasteiger partial charge in [0.05, 0.1) is 35.6 Å². The number of hydrogen-bond donors (Lipinski definition) is 0. The van der Waals surface area contributed by atoms with Crippen LogP contribution < -0.4 is 14.5 Å². The van der Waals surface area contributed by atoms with E-state index in [-0.39, 0.29) is 29.3 Å². The van der Waals surface area contributed by atoms with E-state index < -0.39 is 14.8 Å². The minimum absolute atomic E-state index is 0.00726. The highest BCUT2D eigenvalue weighted by Gasteiger charge is 2.52. The Labute approximate surface area is 167 Å². The molecule has 0 unspecified atom stereocenters. The molecule has 2 aromatic rings. The standard InChI is InChI=1S/C18H17N3O5S2/c1-26-15-8-6-13(7-9-15)20-17-11-28(24,25)10-16(17)19(18(20)27)12-2-4-14(5-3-12)21(22)23/h2-9,16-17H,10-11H2,1H3/t16-,17+/m0/s1. The van der Waals surface area contributed by atoms with Gasteiger partial charge >= 0.3 is 0 Å². The number of sulfone groups is 1. The van der Waals surface area contributed by atoms with Crippen molar-refractivity contribution in [3.05, 3.63) is 58.6 Å². The van der Waals surface area contributed by atoms with Crippen LogP contribution in [0, 0.1) is 10.1 Å². The van der Waals surface area contributed by atoms with Crippen LogP contribution in [0.3, 0.4) is 0 Å². The maximum atomic E-state index is 12.3. The van der Waals surface area contributed by atoms with Gasteiger partial charge in [-0.25, -0.2) is 8.42 Å². The number of anilines is 2. The number of fused-ring (bicyclic) bond motifs is 1. The van der Waals surface area contributed by atoms with E-state index in [1.807, 2.05) is 17.0 Å². The Hall–Kier alpha value is -2.72. The van der Waals surface area contributed by atoms with Crippen molar-refractivity contribution in [2.45, 2.75) is 12.1 Å². The molecule has 2 aliphatic heterocycles. The van der Waals surface area contributed by atoms with E-state index in [9.17, 15) is 18.5 Å². The van der Waals surface area contributed by atoms with Gasteiger partial charge in [0, 0.05) is 23.5 Å². The van der Waals surface area contributed by atoms with Gasteiger partial charge in [-0.05, 0) is 48.6 Å². The summed E-state index contributed by atoms with van der Waals surface area (Å²) in [6.07, 6.45) is 0. The number of rotatable bonds is 4. The molecule has 146 valence electrons. The fourth-order valence-corrected chi connectivity index (χ4v) is 6.19. The zero-order chi connectivity index (χ0) is 20.1. The lowest BCUT2D eigenvalue weighted by molar-refractivity contribution is -0.384. The summed E-state index contributed by atoms with van der Waals surface area (Å²) in [6.45, 7) is 0. The van der Waals surface area contributed by atoms with Crippen molar-refractivity contribution < 1.29 is 18.1 Å². The Kier molecular flexibility index (Phi) is 4.47. The van der Waals surface area contributed by atoms with E-state index in [2.05, 4.69) is 0 Å². The first-order valence-electron chi connectivity index (χ1n) is 8.52. The summed E-state index contributed by atoms with van der Waals surface area (Å²) in [5.74, 6) is 0.686. The van der Waals surface area contributed by atoms with Crippen molar-refractivity contribution in [1.82, 2.24) is 0 Å². The average Bonchev–Trinajstić information content (AvgIpc) is 3.10. The predicted molar refractivity (Wildman–Crippen MR) is 110 cm³/mol. The zero-order valence-electron chi connectivity index (χ0n) is 14.9. The molecular formula is C18H17N3O5S2. The molecule has 0 aromatic heterocycles. The van der Waals surface area contributed by atoms with E-state index in [1.54, 1.807) is 36.3 Å². The van der Waals surface area contributed by atoms with Gasteiger partial charge < -0.3 is 14.5 Å². The van der Waals surface area contributed by atoms with Crippen molar-refractivity contribution in [1.29, 1.82) is 0 Å². The summed E-state index contributed by atoms with van der Waals surface area (Å²) in [6, 6.07) is 12.6. The Morgan fingerprint density at radius 1 is 1.00 bits per heavy atom. The van der Waals surface area contributed by atoms with Crippen molar-refractivity contribution in [2.24, 2.45) is 0 Å². The second-order valence-corrected chi connectivity index (χ2v) is 9.22. The summed E-state index contributed by atoms with van der Waals surface area (Å²) < 4.78 is 29.9. The normalized spacial score (nSPS) is 23.0. The molecule has 2 heterocycles. The summed E-state index contributed by atoms with van der Waals surface area (Å²) in [4.78, 5) is 14.1. The van der Waals surface area contributed by atoms with Gasteiger partial charge in [-0.2, -0.15) is 0 Å². The Balaban J connectivity index is 1.74. The Bertz CT molecular complexity index is 1040. The van der Waals surface area contributed by atoms with Crippen LogP contribution in [0.25, 0.3) is 0 Å². The van der Waals surface area contributed by atoms with Gasteiger partial charge in [-0.15, -0.1) is 0 Å². The van der Waals surface area contributed by atoms with Gasteiger partial charge in [-0.3, -0.25) is 10.1 Å². The summed E-state index contributed by atoms with van der Waals surface area (Å²) in [5, 5.41) is 11.4. The minimum Gasteiger partial charge on any atom is -0.497 e. The second-order valence-electron chi connectivity index (χ2n) is 6.71. The first-order chi connectivity index (χ1) is 13.3. The van der Waals surface area contributed by atoms with Crippen LogP contribution in [0.15, 0.2) is 48.5 Å². The van der Waals surface area contributed by atoms with E-state index in [0.717, 1.165) is 5.69 Å². The maximum absolute atomic E-state index is 12.3. The quantitative estimate of drug-likeness (QED) is 0.424. The second kappa shape index (κ2) is 6.71. The van der Waals surface area contributed by atoms with E-state index in [4.69, 9.17) is 17.0 Å². The number of benzene rings is 2. The number of thiocarbonyl (C=S) groups is 1. The largest absolute Gasteiger partial charge is 0.497 e. The molecule has 0 bridgehead atoms. The monoisotopic (exact) mass is 419 g/mol. The lowest BCUT2D eigenvalue weighted by Gasteiger charge is -2.25. The van der Waals surface area contributed by atoms with Crippen LogP contribution in [-0.4, -0.2) is 49.2 Å². The molecular weight excluding hydrogens is 402 g/mol. The van der Waals surface area contributed by atoms with Crippen LogP contribution in [0.4, 0.5) is 17.1 Å². The molecule has 2 atom stereocenters. The molecule has 28 heavy (non-hydrogen) atoms. The Morgan fingerprint density at radius 2 is 1.46 bits per heavy atom.